The number of alkyl halides is 2. The average Bonchev–Trinajstić information content (AvgIpc) is 2.72. The van der Waals surface area contributed by atoms with E-state index >= 15 is 0 Å². The van der Waals surface area contributed by atoms with Crippen LogP contribution in [0.25, 0.3) is 0 Å². The summed E-state index contributed by atoms with van der Waals surface area (Å²) in [4.78, 5) is 28.4. The van der Waals surface area contributed by atoms with Gasteiger partial charge in [0.1, 0.15) is 17.6 Å². The van der Waals surface area contributed by atoms with Crippen molar-refractivity contribution < 1.29 is 13.6 Å². The van der Waals surface area contributed by atoms with Crippen LogP contribution in [0.4, 0.5) is 25.8 Å². The van der Waals surface area contributed by atoms with Crippen molar-refractivity contribution in [2.45, 2.75) is 25.5 Å². The van der Waals surface area contributed by atoms with Crippen LogP contribution in [0.1, 0.15) is 21.6 Å². The molecule has 1 atom stereocenters. The Morgan fingerprint density at radius 2 is 1.48 bits per heavy atom. The topological polar surface area (TPSA) is 45.6 Å². The highest BCUT2D eigenvalue weighted by atomic mass is 35.5. The van der Waals surface area contributed by atoms with Gasteiger partial charge in [-0.3, -0.25) is 19.1 Å². The predicted molar refractivity (Wildman–Crippen MR) is 117 cm³/mol. The van der Waals surface area contributed by atoms with Gasteiger partial charge >= 0.3 is 0 Å². The first-order valence-corrected chi connectivity index (χ1v) is 10.3. The molecule has 4 rings (SSSR count). The van der Waals surface area contributed by atoms with Crippen molar-refractivity contribution in [1.82, 2.24) is 4.57 Å². The summed E-state index contributed by atoms with van der Waals surface area (Å²) in [5, 5.41) is 0. The van der Waals surface area contributed by atoms with Crippen LogP contribution in [0, 0.1) is 25.5 Å². The van der Waals surface area contributed by atoms with Crippen molar-refractivity contribution in [2.75, 3.05) is 9.80 Å². The molecule has 2 heterocycles. The largest absolute Gasteiger partial charge is 0.306 e. The molecule has 5 nitrogen and oxygen atoms in total. The highest BCUT2D eigenvalue weighted by molar-refractivity contribution is 6.30. The number of pyridine rings is 1. The zero-order valence-electron chi connectivity index (χ0n) is 16.6. The maximum atomic E-state index is 14.1. The number of nitrogens with zero attached hydrogens (tertiary/aromatic N) is 3. The second kappa shape index (κ2) is 7.98. The molecule has 0 radical (unpaired) electrons. The van der Waals surface area contributed by atoms with Crippen LogP contribution in [0.3, 0.4) is 0 Å². The molecule has 31 heavy (non-hydrogen) atoms. The van der Waals surface area contributed by atoms with Gasteiger partial charge in [0.05, 0.1) is 16.9 Å². The predicted octanol–water partition coefficient (Wildman–Crippen LogP) is 5.26. The molecular weight excluding hydrogens is 447 g/mol. The number of carbonyl (C=O) groups is 1. The minimum atomic E-state index is -1.07. The highest BCUT2D eigenvalue weighted by Crippen LogP contribution is 2.42. The molecule has 1 aliphatic rings. The van der Waals surface area contributed by atoms with E-state index in [2.05, 4.69) is 0 Å². The van der Waals surface area contributed by atoms with Gasteiger partial charge in [-0.05, 0) is 61.9 Å². The fraction of sp³-hybridized carbons (Fsp3) is 0.182. The van der Waals surface area contributed by atoms with Crippen LogP contribution in [-0.2, 0) is 6.00 Å². The quantitative estimate of drug-likeness (QED) is 0.393. The Morgan fingerprint density at radius 3 is 2.13 bits per heavy atom. The van der Waals surface area contributed by atoms with Gasteiger partial charge < -0.3 is 4.90 Å². The van der Waals surface area contributed by atoms with E-state index in [1.807, 2.05) is 0 Å². The van der Waals surface area contributed by atoms with Crippen molar-refractivity contribution in [2.24, 2.45) is 0 Å². The molecular formula is C22H17Cl2F2N3O2. The monoisotopic (exact) mass is 463 g/mol. The third-order valence-electron chi connectivity index (χ3n) is 5.32. The summed E-state index contributed by atoms with van der Waals surface area (Å²) in [6, 6.07) is 10.7. The molecule has 0 spiro atoms. The third-order valence-corrected chi connectivity index (χ3v) is 5.95. The molecule has 9 heteroatoms. The number of halogens is 4. The van der Waals surface area contributed by atoms with E-state index in [9.17, 15) is 18.4 Å². The lowest BCUT2D eigenvalue weighted by molar-refractivity contribution is 0.0979. The lowest BCUT2D eigenvalue weighted by Crippen LogP contribution is -2.51. The number of fused-ring (bicyclic) bond motifs is 1. The summed E-state index contributed by atoms with van der Waals surface area (Å²) >= 11 is 12.7. The second-order valence-electron chi connectivity index (χ2n) is 7.14. The first-order valence-electron chi connectivity index (χ1n) is 9.33. The van der Waals surface area contributed by atoms with Crippen LogP contribution in [-0.4, -0.2) is 16.1 Å². The van der Waals surface area contributed by atoms with E-state index in [1.165, 1.54) is 45.9 Å². The summed E-state index contributed by atoms with van der Waals surface area (Å²) in [7, 11) is 0. The minimum Gasteiger partial charge on any atom is -0.306 e. The van der Waals surface area contributed by atoms with Gasteiger partial charge in [-0.15, -0.1) is 11.6 Å². The summed E-state index contributed by atoms with van der Waals surface area (Å²) < 4.78 is 29.1. The zero-order valence-corrected chi connectivity index (χ0v) is 18.1. The molecule has 2 aromatic carbocycles. The average molecular weight is 464 g/mol. The number of anilines is 3. The maximum Gasteiger partial charge on any atom is 0.263 e. The molecule has 0 fully saturated rings. The van der Waals surface area contributed by atoms with Crippen molar-refractivity contribution in [3.63, 3.8) is 0 Å². The molecule has 0 saturated carbocycles. The molecule has 3 aromatic rings. The standard InChI is InChI=1S/C22H17Cl2F2N3O2/c1-12-9-14(25)3-5-17(12)28-19-6-4-15(26)10-16(19)21(31)29(22(28)24)18-7-8-20(30)27(11-23)13(18)2/h3-10,22H,11H2,1-2H3. The fourth-order valence-corrected chi connectivity index (χ4v) is 4.47. The fourth-order valence-electron chi connectivity index (χ4n) is 3.77. The summed E-state index contributed by atoms with van der Waals surface area (Å²) in [6.07, 6.45) is 0. The van der Waals surface area contributed by atoms with Gasteiger partial charge in [-0.2, -0.15) is 0 Å². The molecule has 0 N–H and O–H groups in total. The number of benzene rings is 2. The Balaban J connectivity index is 1.97. The van der Waals surface area contributed by atoms with Gasteiger partial charge in [-0.25, -0.2) is 8.78 Å². The van der Waals surface area contributed by atoms with E-state index in [1.54, 1.807) is 24.8 Å². The maximum absolute atomic E-state index is 14.1. The van der Waals surface area contributed by atoms with Gasteiger partial charge in [0.2, 0.25) is 0 Å². The molecule has 0 bridgehead atoms. The van der Waals surface area contributed by atoms with Crippen LogP contribution in [0.15, 0.2) is 53.3 Å². The van der Waals surface area contributed by atoms with Crippen LogP contribution < -0.4 is 15.4 Å². The second-order valence-corrected chi connectivity index (χ2v) is 7.77. The Labute approximate surface area is 187 Å². The van der Waals surface area contributed by atoms with Gasteiger partial charge in [0.25, 0.3) is 11.5 Å². The van der Waals surface area contributed by atoms with Gasteiger partial charge in [0.15, 0.2) is 5.62 Å². The van der Waals surface area contributed by atoms with Crippen LogP contribution in [0.5, 0.6) is 0 Å². The van der Waals surface area contributed by atoms with Gasteiger partial charge in [-0.1, -0.05) is 11.6 Å². The number of aromatic nitrogens is 1. The number of hydrogen-bond acceptors (Lipinski definition) is 3. The number of carbonyl (C=O) groups excluding carboxylic acids is 1. The lowest BCUT2D eigenvalue weighted by atomic mass is 10.0. The van der Waals surface area contributed by atoms with Gasteiger partial charge in [0, 0.05) is 17.4 Å². The van der Waals surface area contributed by atoms with E-state index < -0.39 is 23.2 Å². The van der Waals surface area contributed by atoms with Crippen molar-refractivity contribution in [3.8, 4) is 0 Å². The Hall–Kier alpha value is -2.90. The smallest absolute Gasteiger partial charge is 0.263 e. The molecule has 1 amide bonds. The first-order chi connectivity index (χ1) is 14.7. The lowest BCUT2D eigenvalue weighted by Gasteiger charge is -2.43. The van der Waals surface area contributed by atoms with Crippen LogP contribution in [0.2, 0.25) is 0 Å². The van der Waals surface area contributed by atoms with E-state index in [4.69, 9.17) is 23.2 Å². The summed E-state index contributed by atoms with van der Waals surface area (Å²) in [6.45, 7) is 3.36. The number of aryl methyl sites for hydroxylation is 1. The van der Waals surface area contributed by atoms with E-state index in [-0.39, 0.29) is 17.1 Å². The number of amides is 1. The molecule has 160 valence electrons. The zero-order chi connectivity index (χ0) is 22.4. The first kappa shape index (κ1) is 21.3. The Kier molecular flexibility index (Phi) is 5.49. The van der Waals surface area contributed by atoms with Crippen molar-refractivity contribution in [3.05, 3.63) is 87.3 Å². The van der Waals surface area contributed by atoms with E-state index in [0.29, 0.717) is 28.3 Å². The van der Waals surface area contributed by atoms with Crippen molar-refractivity contribution in [1.29, 1.82) is 0 Å². The summed E-state index contributed by atoms with van der Waals surface area (Å²) in [5.74, 6) is -1.53. The molecule has 1 unspecified atom stereocenters. The third kappa shape index (κ3) is 3.47. The Bertz CT molecular complexity index is 1260. The summed E-state index contributed by atoms with van der Waals surface area (Å²) in [5.41, 5.74) is 0.984. The number of rotatable bonds is 3. The van der Waals surface area contributed by atoms with Crippen molar-refractivity contribution >= 4 is 46.2 Å². The molecule has 0 aliphatic carbocycles. The Morgan fingerprint density at radius 1 is 0.871 bits per heavy atom. The molecule has 1 aromatic heterocycles. The molecule has 1 aliphatic heterocycles. The SMILES string of the molecule is Cc1cc(F)ccc1N1c2ccc(F)cc2C(=O)N(c2ccc(=O)n(CCl)c2C)C1Cl. The van der Waals surface area contributed by atoms with E-state index in [0.717, 1.165) is 6.07 Å². The highest BCUT2D eigenvalue weighted by Gasteiger charge is 2.40. The van der Waals surface area contributed by atoms with Crippen LogP contribution >= 0.6 is 23.2 Å². The number of hydrogen-bond donors (Lipinski definition) is 0. The normalized spacial score (nSPS) is 15.9. The minimum absolute atomic E-state index is 0.0867. The molecule has 0 saturated heterocycles.